The molecule has 0 atom stereocenters. The van der Waals surface area contributed by atoms with Crippen molar-refractivity contribution in [2.45, 2.75) is 78.6 Å². The number of carboxylic acid groups (broad SMARTS) is 1. The van der Waals surface area contributed by atoms with Crippen LogP contribution in [0.5, 0.6) is 0 Å². The Hall–Kier alpha value is -2.05. The molecule has 4 nitrogen and oxygen atoms in total. The van der Waals surface area contributed by atoms with Crippen molar-refractivity contribution in [2.75, 3.05) is 0 Å². The molecule has 0 radical (unpaired) electrons. The normalized spacial score (nSPS) is 11.8. The third-order valence-corrected chi connectivity index (χ3v) is 7.56. The van der Waals surface area contributed by atoms with E-state index in [0.29, 0.717) is 6.42 Å². The molecule has 0 unspecified atom stereocenters. The molecule has 0 spiro atoms. The Morgan fingerprint density at radius 1 is 0.844 bits per heavy atom. The van der Waals surface area contributed by atoms with E-state index in [9.17, 15) is 19.5 Å². The highest BCUT2D eigenvalue weighted by molar-refractivity contribution is 7.13. The molecule has 0 fully saturated rings. The van der Waals surface area contributed by atoms with Crippen LogP contribution in [0, 0.1) is 5.41 Å². The Morgan fingerprint density at radius 3 is 1.81 bits per heavy atom. The van der Waals surface area contributed by atoms with Crippen molar-refractivity contribution in [3.63, 3.8) is 0 Å². The lowest BCUT2D eigenvalue weighted by molar-refractivity contribution is -0.147. The van der Waals surface area contributed by atoms with Crippen molar-refractivity contribution in [3.8, 4) is 0 Å². The third kappa shape index (κ3) is 9.21. The molecule has 0 bridgehead atoms. The van der Waals surface area contributed by atoms with E-state index in [0.717, 1.165) is 51.6 Å². The molecular weight excluding hydrogens is 440 g/mol. The number of rotatable bonds is 13. The second-order valence-electron chi connectivity index (χ2n) is 8.86. The third-order valence-electron chi connectivity index (χ3n) is 5.42. The minimum atomic E-state index is -0.776. The topological polar surface area (TPSA) is 71.4 Å². The van der Waals surface area contributed by atoms with Crippen molar-refractivity contribution in [2.24, 2.45) is 5.41 Å². The van der Waals surface area contributed by atoms with Crippen molar-refractivity contribution in [3.05, 3.63) is 64.2 Å². The van der Waals surface area contributed by atoms with Gasteiger partial charge in [-0.25, -0.2) is 0 Å². The van der Waals surface area contributed by atoms with Crippen molar-refractivity contribution >= 4 is 40.8 Å². The largest absolute Gasteiger partial charge is 0.481 e. The maximum absolute atomic E-state index is 12.1. The fourth-order valence-electron chi connectivity index (χ4n) is 3.38. The zero-order chi connectivity index (χ0) is 23.6. The summed E-state index contributed by atoms with van der Waals surface area (Å²) in [6.45, 7) is 5.68. The summed E-state index contributed by atoms with van der Waals surface area (Å²) in [6, 6.07) is 6.67. The first kappa shape index (κ1) is 26.2. The Morgan fingerprint density at radius 2 is 1.34 bits per heavy atom. The second-order valence-corrected chi connectivity index (χ2v) is 11.3. The van der Waals surface area contributed by atoms with Gasteiger partial charge in [0.25, 0.3) is 0 Å². The number of carbonyl (C=O) groups is 1. The average molecular weight is 475 g/mol. The zero-order valence-electron chi connectivity index (χ0n) is 19.3. The Kier molecular flexibility index (Phi) is 10.5. The quantitative estimate of drug-likeness (QED) is 0.330. The molecule has 2 rings (SSSR count). The van der Waals surface area contributed by atoms with Crippen LogP contribution in [0.3, 0.4) is 0 Å². The van der Waals surface area contributed by atoms with Gasteiger partial charge in [-0.05, 0) is 70.2 Å². The number of hydrogen-bond donors (Lipinski definition) is 1. The molecule has 2 heterocycles. The van der Waals surface area contributed by atoms with Gasteiger partial charge in [-0.2, -0.15) is 0 Å². The average Bonchev–Trinajstić information content (AvgIpc) is 2.72. The van der Waals surface area contributed by atoms with Crippen molar-refractivity contribution in [1.82, 2.24) is 0 Å². The summed E-state index contributed by atoms with van der Waals surface area (Å²) in [5.41, 5.74) is -0.716. The number of hydrogen-bond acceptors (Lipinski definition) is 5. The van der Waals surface area contributed by atoms with Crippen LogP contribution in [0.1, 0.15) is 85.2 Å². The number of unbranched alkanes of at least 4 members (excludes halogenated alkanes) is 4. The van der Waals surface area contributed by atoms with Crippen molar-refractivity contribution < 1.29 is 9.90 Å². The zero-order valence-corrected chi connectivity index (χ0v) is 20.9. The van der Waals surface area contributed by atoms with E-state index in [2.05, 4.69) is 6.92 Å². The summed E-state index contributed by atoms with van der Waals surface area (Å²) < 4.78 is 0. The van der Waals surface area contributed by atoms with Crippen LogP contribution in [0.15, 0.2) is 33.9 Å². The molecule has 2 aromatic rings. The van der Waals surface area contributed by atoms with Gasteiger partial charge in [0.1, 0.15) is 0 Å². The molecule has 0 aliphatic carbocycles. The van der Waals surface area contributed by atoms with Gasteiger partial charge in [0.05, 0.1) is 5.41 Å². The molecule has 0 aromatic carbocycles. The van der Waals surface area contributed by atoms with E-state index < -0.39 is 11.4 Å². The summed E-state index contributed by atoms with van der Waals surface area (Å²) >= 11 is 3.21. The van der Waals surface area contributed by atoms with Gasteiger partial charge in [-0.1, -0.05) is 32.6 Å². The molecule has 0 aliphatic rings. The van der Waals surface area contributed by atoms with Gasteiger partial charge in [0, 0.05) is 31.6 Å². The van der Waals surface area contributed by atoms with Gasteiger partial charge >= 0.3 is 5.97 Å². The summed E-state index contributed by atoms with van der Waals surface area (Å²) in [5.74, 6) is -0.776. The Bertz CT molecular complexity index is 1030. The summed E-state index contributed by atoms with van der Waals surface area (Å²) in [4.78, 5) is 39.3. The van der Waals surface area contributed by atoms with Crippen LogP contribution in [0.25, 0.3) is 12.2 Å². The van der Waals surface area contributed by atoms with E-state index in [1.54, 1.807) is 60.8 Å². The molecular formula is C26H34O4S2. The maximum atomic E-state index is 12.1. The minimum Gasteiger partial charge on any atom is -0.481 e. The maximum Gasteiger partial charge on any atom is 0.309 e. The molecule has 6 heteroatoms. The van der Waals surface area contributed by atoms with Gasteiger partial charge < -0.3 is 5.11 Å². The summed E-state index contributed by atoms with van der Waals surface area (Å²) in [7, 11) is 0. The van der Waals surface area contributed by atoms with E-state index in [1.165, 1.54) is 19.3 Å². The van der Waals surface area contributed by atoms with Gasteiger partial charge in [-0.3, -0.25) is 14.4 Å². The first-order valence-corrected chi connectivity index (χ1v) is 13.0. The predicted molar refractivity (Wildman–Crippen MR) is 137 cm³/mol. The number of aryl methyl sites for hydroxylation is 2. The lowest BCUT2D eigenvalue weighted by Crippen LogP contribution is -2.23. The molecule has 1 N–H and O–H groups in total. The lowest BCUT2D eigenvalue weighted by atomic mass is 9.87. The monoisotopic (exact) mass is 474 g/mol. The molecule has 174 valence electrons. The minimum absolute atomic E-state index is 0.0258. The van der Waals surface area contributed by atoms with Gasteiger partial charge in [-0.15, -0.1) is 22.7 Å². The van der Waals surface area contributed by atoms with E-state index >= 15 is 0 Å². The summed E-state index contributed by atoms with van der Waals surface area (Å²) in [6.07, 6.45) is 12.5. The molecule has 0 amide bonds. The highest BCUT2D eigenvalue weighted by atomic mass is 32.1. The number of aliphatic carboxylic acids is 1. The predicted octanol–water partition coefficient (Wildman–Crippen LogP) is 6.65. The second kappa shape index (κ2) is 12.9. The van der Waals surface area contributed by atoms with Crippen LogP contribution >= 0.6 is 22.7 Å². The first-order chi connectivity index (χ1) is 15.2. The number of carboxylic acids is 1. The smallest absolute Gasteiger partial charge is 0.309 e. The first-order valence-electron chi connectivity index (χ1n) is 11.4. The van der Waals surface area contributed by atoms with Crippen LogP contribution in [0.2, 0.25) is 0 Å². The Labute approximate surface area is 198 Å². The van der Waals surface area contributed by atoms with Gasteiger partial charge in [0.2, 0.25) is 0 Å². The van der Waals surface area contributed by atoms with E-state index in [4.69, 9.17) is 0 Å². The molecule has 32 heavy (non-hydrogen) atoms. The molecule has 2 aromatic heterocycles. The van der Waals surface area contributed by atoms with E-state index in [-0.39, 0.29) is 10.9 Å². The molecule has 0 saturated heterocycles. The Balaban J connectivity index is 2.01. The van der Waals surface area contributed by atoms with Crippen LogP contribution in [-0.4, -0.2) is 11.1 Å². The molecule has 0 aliphatic heterocycles. The van der Waals surface area contributed by atoms with Crippen LogP contribution in [-0.2, 0) is 17.6 Å². The van der Waals surface area contributed by atoms with Crippen LogP contribution < -0.4 is 10.9 Å². The van der Waals surface area contributed by atoms with Crippen LogP contribution in [0.4, 0.5) is 0 Å². The fraction of sp³-hybridized carbons (Fsp3) is 0.500. The van der Waals surface area contributed by atoms with Crippen molar-refractivity contribution in [1.29, 1.82) is 0 Å². The SMILES string of the molecule is CCCCCCc1cc(=O)cc(/C=C\c2cc(=O)cc(CCCCC(C)(C)C(=O)O)s2)s1. The highest BCUT2D eigenvalue weighted by Gasteiger charge is 2.25. The highest BCUT2D eigenvalue weighted by Crippen LogP contribution is 2.25. The summed E-state index contributed by atoms with van der Waals surface area (Å²) in [5, 5.41) is 9.22. The van der Waals surface area contributed by atoms with E-state index in [1.807, 2.05) is 12.2 Å². The lowest BCUT2D eigenvalue weighted by Gasteiger charge is -2.18. The fourth-order valence-corrected chi connectivity index (χ4v) is 5.45. The standard InChI is InChI=1S/C26H34O4S2/c1-4-5-6-7-10-21-15-19(27)17-23(31-21)12-13-24-18-20(28)16-22(32-24)11-8-9-14-26(2,3)25(29)30/h12-13,15-18H,4-11,14H2,1-3H3,(H,29,30)/b13-12-. The van der Waals surface area contributed by atoms with Gasteiger partial charge in [0.15, 0.2) is 10.9 Å². The molecule has 0 saturated carbocycles.